The van der Waals surface area contributed by atoms with E-state index in [0.29, 0.717) is 5.56 Å². The first kappa shape index (κ1) is 13.0. The zero-order chi connectivity index (χ0) is 14.7. The van der Waals surface area contributed by atoms with Crippen LogP contribution in [0.3, 0.4) is 0 Å². The molecule has 1 unspecified atom stereocenters. The maximum atomic E-state index is 9.21. The van der Waals surface area contributed by atoms with Crippen LogP contribution < -0.4 is 5.32 Å². The van der Waals surface area contributed by atoms with Gasteiger partial charge in [0.25, 0.3) is 0 Å². The molecule has 0 radical (unpaired) electrons. The molecule has 0 saturated carbocycles. The molecule has 2 aromatic heterocycles. The van der Waals surface area contributed by atoms with E-state index in [-0.39, 0.29) is 6.04 Å². The Kier molecular flexibility index (Phi) is 3.44. The van der Waals surface area contributed by atoms with Gasteiger partial charge in [-0.15, -0.1) is 0 Å². The van der Waals surface area contributed by atoms with Gasteiger partial charge in [0.05, 0.1) is 17.5 Å². The second kappa shape index (κ2) is 5.55. The lowest BCUT2D eigenvalue weighted by Gasteiger charge is -2.18. The molecule has 0 bridgehead atoms. The second-order valence-electron chi connectivity index (χ2n) is 4.65. The van der Waals surface area contributed by atoms with Crippen LogP contribution in [-0.2, 0) is 7.05 Å². The van der Waals surface area contributed by atoms with Crippen molar-refractivity contribution in [3.05, 3.63) is 72.2 Å². The molecule has 5 heteroatoms. The van der Waals surface area contributed by atoms with E-state index >= 15 is 0 Å². The van der Waals surface area contributed by atoms with Crippen molar-refractivity contribution in [3.8, 4) is 6.07 Å². The van der Waals surface area contributed by atoms with Crippen molar-refractivity contribution < 1.29 is 4.42 Å². The third-order valence-electron chi connectivity index (χ3n) is 3.29. The molecule has 0 fully saturated rings. The quantitative estimate of drug-likeness (QED) is 0.796. The fraction of sp³-hybridized carbons (Fsp3) is 0.125. The first-order chi connectivity index (χ1) is 10.3. The lowest BCUT2D eigenvalue weighted by Crippen LogP contribution is -2.16. The van der Waals surface area contributed by atoms with E-state index in [9.17, 15) is 5.26 Å². The smallest absolute Gasteiger partial charge is 0.143 e. The van der Waals surface area contributed by atoms with Crippen molar-refractivity contribution in [3.63, 3.8) is 0 Å². The minimum Gasteiger partial charge on any atom is -0.467 e. The summed E-state index contributed by atoms with van der Waals surface area (Å²) < 4.78 is 7.45. The van der Waals surface area contributed by atoms with Gasteiger partial charge in [0.1, 0.15) is 23.7 Å². The van der Waals surface area contributed by atoms with Gasteiger partial charge in [0.2, 0.25) is 0 Å². The van der Waals surface area contributed by atoms with Gasteiger partial charge < -0.3 is 14.3 Å². The summed E-state index contributed by atoms with van der Waals surface area (Å²) in [7, 11) is 1.93. The number of hydrogen-bond donors (Lipinski definition) is 1. The minimum absolute atomic E-state index is 0.255. The SMILES string of the molecule is Cn1ccnc1C(Nc1ccccc1C#N)c1ccco1. The van der Waals surface area contributed by atoms with E-state index in [2.05, 4.69) is 16.4 Å². The number of para-hydroxylation sites is 1. The summed E-state index contributed by atoms with van der Waals surface area (Å²) in [5.41, 5.74) is 1.34. The molecule has 0 saturated heterocycles. The third kappa shape index (κ3) is 2.51. The molecule has 0 aliphatic carbocycles. The van der Waals surface area contributed by atoms with Crippen LogP contribution in [0.1, 0.15) is 23.2 Å². The summed E-state index contributed by atoms with van der Waals surface area (Å²) in [5.74, 6) is 1.56. The van der Waals surface area contributed by atoms with Crippen LogP contribution >= 0.6 is 0 Å². The molecule has 0 aliphatic heterocycles. The van der Waals surface area contributed by atoms with Crippen LogP contribution in [0.15, 0.2) is 59.5 Å². The van der Waals surface area contributed by atoms with Crippen LogP contribution in [-0.4, -0.2) is 9.55 Å². The number of aromatic nitrogens is 2. The Morgan fingerprint density at radius 2 is 2.14 bits per heavy atom. The molecule has 3 rings (SSSR count). The van der Waals surface area contributed by atoms with Crippen LogP contribution in [0, 0.1) is 11.3 Å². The summed E-state index contributed by atoms with van der Waals surface area (Å²) in [6, 6.07) is 13.0. The Labute approximate surface area is 122 Å². The predicted molar refractivity (Wildman–Crippen MR) is 78.5 cm³/mol. The summed E-state index contributed by atoms with van der Waals surface area (Å²) in [4.78, 5) is 4.38. The van der Waals surface area contributed by atoms with Crippen LogP contribution in [0.4, 0.5) is 5.69 Å². The third-order valence-corrected chi connectivity index (χ3v) is 3.29. The molecule has 1 aromatic carbocycles. The summed E-state index contributed by atoms with van der Waals surface area (Å²) in [6.07, 6.45) is 5.25. The van der Waals surface area contributed by atoms with Gasteiger partial charge in [-0.05, 0) is 24.3 Å². The molecule has 2 heterocycles. The highest BCUT2D eigenvalue weighted by molar-refractivity contribution is 5.58. The van der Waals surface area contributed by atoms with Gasteiger partial charge in [-0.3, -0.25) is 0 Å². The Bertz CT molecular complexity index is 768. The van der Waals surface area contributed by atoms with E-state index in [1.807, 2.05) is 48.1 Å². The molecule has 1 atom stereocenters. The molecule has 0 amide bonds. The number of nitriles is 1. The summed E-state index contributed by atoms with van der Waals surface area (Å²) in [6.45, 7) is 0. The maximum Gasteiger partial charge on any atom is 0.143 e. The maximum absolute atomic E-state index is 9.21. The van der Waals surface area contributed by atoms with Crippen LogP contribution in [0.25, 0.3) is 0 Å². The van der Waals surface area contributed by atoms with Crippen molar-refractivity contribution in [2.24, 2.45) is 7.05 Å². The van der Waals surface area contributed by atoms with Crippen molar-refractivity contribution >= 4 is 5.69 Å². The van der Waals surface area contributed by atoms with E-state index in [4.69, 9.17) is 4.42 Å². The number of benzene rings is 1. The zero-order valence-electron chi connectivity index (χ0n) is 11.5. The molecule has 104 valence electrons. The number of furan rings is 1. The number of aryl methyl sites for hydroxylation is 1. The molecule has 21 heavy (non-hydrogen) atoms. The number of anilines is 1. The first-order valence-electron chi connectivity index (χ1n) is 6.56. The molecule has 0 spiro atoms. The second-order valence-corrected chi connectivity index (χ2v) is 4.65. The van der Waals surface area contributed by atoms with Gasteiger partial charge in [-0.25, -0.2) is 4.98 Å². The van der Waals surface area contributed by atoms with Crippen molar-refractivity contribution in [2.75, 3.05) is 5.32 Å². The van der Waals surface area contributed by atoms with Crippen LogP contribution in [0.2, 0.25) is 0 Å². The molecule has 3 aromatic rings. The molecule has 0 aliphatic rings. The van der Waals surface area contributed by atoms with Gasteiger partial charge in [-0.1, -0.05) is 12.1 Å². The van der Waals surface area contributed by atoms with Gasteiger partial charge >= 0.3 is 0 Å². The lowest BCUT2D eigenvalue weighted by atomic mass is 10.1. The summed E-state index contributed by atoms with van der Waals surface area (Å²) >= 11 is 0. The Morgan fingerprint density at radius 3 is 2.81 bits per heavy atom. The highest BCUT2D eigenvalue weighted by Crippen LogP contribution is 2.27. The van der Waals surface area contributed by atoms with Gasteiger partial charge in [-0.2, -0.15) is 5.26 Å². The fourth-order valence-electron chi connectivity index (χ4n) is 2.24. The fourth-order valence-corrected chi connectivity index (χ4v) is 2.24. The number of imidazole rings is 1. The van der Waals surface area contributed by atoms with E-state index < -0.39 is 0 Å². The van der Waals surface area contributed by atoms with Crippen molar-refractivity contribution in [1.82, 2.24) is 9.55 Å². The average Bonchev–Trinajstić information content (AvgIpc) is 3.17. The van der Waals surface area contributed by atoms with Crippen molar-refractivity contribution in [1.29, 1.82) is 5.26 Å². The Balaban J connectivity index is 2.02. The predicted octanol–water partition coefficient (Wildman–Crippen LogP) is 3.09. The molecular weight excluding hydrogens is 264 g/mol. The Morgan fingerprint density at radius 1 is 1.29 bits per heavy atom. The average molecular weight is 278 g/mol. The van der Waals surface area contributed by atoms with Crippen molar-refractivity contribution in [2.45, 2.75) is 6.04 Å². The minimum atomic E-state index is -0.255. The normalized spacial score (nSPS) is 11.8. The molecule has 5 nitrogen and oxygen atoms in total. The van der Waals surface area contributed by atoms with Crippen LogP contribution in [0.5, 0.6) is 0 Å². The Hall–Kier alpha value is -3.00. The monoisotopic (exact) mass is 278 g/mol. The van der Waals surface area contributed by atoms with E-state index in [1.165, 1.54) is 0 Å². The topological polar surface area (TPSA) is 66.8 Å². The largest absolute Gasteiger partial charge is 0.467 e. The molecular formula is C16H14N4O. The van der Waals surface area contributed by atoms with E-state index in [1.54, 1.807) is 18.5 Å². The lowest BCUT2D eigenvalue weighted by molar-refractivity contribution is 0.488. The number of hydrogen-bond acceptors (Lipinski definition) is 4. The number of rotatable bonds is 4. The van der Waals surface area contributed by atoms with E-state index in [0.717, 1.165) is 17.3 Å². The van der Waals surface area contributed by atoms with Gasteiger partial charge in [0, 0.05) is 19.4 Å². The standard InChI is InChI=1S/C16H14N4O/c1-20-9-8-18-16(20)15(14-7-4-10-21-14)19-13-6-3-2-5-12(13)11-17/h2-10,15,19H,1H3. The first-order valence-corrected chi connectivity index (χ1v) is 6.56. The molecule has 1 N–H and O–H groups in total. The highest BCUT2D eigenvalue weighted by Gasteiger charge is 2.21. The summed E-state index contributed by atoms with van der Waals surface area (Å²) in [5, 5.41) is 12.6. The number of nitrogens with zero attached hydrogens (tertiary/aromatic N) is 3. The number of nitrogens with one attached hydrogen (secondary N) is 1. The highest BCUT2D eigenvalue weighted by atomic mass is 16.3. The van der Waals surface area contributed by atoms with Gasteiger partial charge in [0.15, 0.2) is 0 Å². The zero-order valence-corrected chi connectivity index (χ0v) is 11.5.